The zero-order valence-electron chi connectivity index (χ0n) is 13.4. The molecule has 1 aromatic rings. The fourth-order valence-corrected chi connectivity index (χ4v) is 2.76. The van der Waals surface area contributed by atoms with Crippen LogP contribution in [0.5, 0.6) is 5.75 Å². The van der Waals surface area contributed by atoms with Crippen LogP contribution in [-0.4, -0.2) is 26.4 Å². The van der Waals surface area contributed by atoms with Gasteiger partial charge in [-0.2, -0.15) is 0 Å². The van der Waals surface area contributed by atoms with Crippen LogP contribution in [0.4, 0.5) is 0 Å². The standard InChI is InChI=1S/C18H29NO2/c1-3-10-19-18(4-2)16-6-5-7-17(13-16)21-14-15-8-11-20-12-9-15/h5-7,13,15,18-19H,3-4,8-12,14H2,1-2H3. The van der Waals surface area contributed by atoms with Gasteiger partial charge in [-0.25, -0.2) is 0 Å². The number of benzene rings is 1. The van der Waals surface area contributed by atoms with Crippen LogP contribution in [0.2, 0.25) is 0 Å². The van der Waals surface area contributed by atoms with E-state index in [1.165, 1.54) is 5.56 Å². The third kappa shape index (κ3) is 5.33. The number of ether oxygens (including phenoxy) is 2. The molecule has 1 aliphatic heterocycles. The zero-order valence-corrected chi connectivity index (χ0v) is 13.4. The molecule has 0 saturated carbocycles. The van der Waals surface area contributed by atoms with Gasteiger partial charge in [-0.15, -0.1) is 0 Å². The molecule has 0 aromatic heterocycles. The Hall–Kier alpha value is -1.06. The lowest BCUT2D eigenvalue weighted by Gasteiger charge is -2.22. The van der Waals surface area contributed by atoms with Crippen LogP contribution in [0.15, 0.2) is 24.3 Å². The molecular formula is C18H29NO2. The Morgan fingerprint density at radius 1 is 1.29 bits per heavy atom. The van der Waals surface area contributed by atoms with Crippen molar-refractivity contribution in [2.45, 2.75) is 45.6 Å². The normalized spacial score (nSPS) is 17.6. The minimum atomic E-state index is 0.427. The van der Waals surface area contributed by atoms with Gasteiger partial charge in [0.2, 0.25) is 0 Å². The van der Waals surface area contributed by atoms with E-state index < -0.39 is 0 Å². The number of nitrogens with one attached hydrogen (secondary N) is 1. The van der Waals surface area contributed by atoms with Crippen molar-refractivity contribution >= 4 is 0 Å². The average Bonchev–Trinajstić information content (AvgIpc) is 2.55. The molecule has 3 heteroatoms. The molecule has 0 aliphatic carbocycles. The van der Waals surface area contributed by atoms with Gasteiger partial charge >= 0.3 is 0 Å². The number of hydrogen-bond acceptors (Lipinski definition) is 3. The monoisotopic (exact) mass is 291 g/mol. The molecule has 3 nitrogen and oxygen atoms in total. The quantitative estimate of drug-likeness (QED) is 0.787. The summed E-state index contributed by atoms with van der Waals surface area (Å²) in [6, 6.07) is 8.98. The van der Waals surface area contributed by atoms with E-state index in [0.29, 0.717) is 12.0 Å². The summed E-state index contributed by atoms with van der Waals surface area (Å²) in [6.07, 6.45) is 4.50. The molecule has 118 valence electrons. The van der Waals surface area contributed by atoms with Crippen LogP contribution in [0, 0.1) is 5.92 Å². The van der Waals surface area contributed by atoms with Gasteiger partial charge in [-0.1, -0.05) is 26.0 Å². The Morgan fingerprint density at radius 3 is 2.81 bits per heavy atom. The molecule has 1 heterocycles. The van der Waals surface area contributed by atoms with Crippen LogP contribution >= 0.6 is 0 Å². The first-order valence-corrected chi connectivity index (χ1v) is 8.37. The van der Waals surface area contributed by atoms with Crippen molar-refractivity contribution in [2.24, 2.45) is 5.92 Å². The number of hydrogen-bond donors (Lipinski definition) is 1. The summed E-state index contributed by atoms with van der Waals surface area (Å²) in [5, 5.41) is 3.60. The van der Waals surface area contributed by atoms with Crippen LogP contribution in [0.1, 0.15) is 51.1 Å². The summed E-state index contributed by atoms with van der Waals surface area (Å²) in [5.74, 6) is 1.64. The van der Waals surface area contributed by atoms with Crippen LogP contribution in [-0.2, 0) is 4.74 Å². The Bertz CT molecular complexity index is 402. The summed E-state index contributed by atoms with van der Waals surface area (Å²) in [7, 11) is 0. The molecule has 21 heavy (non-hydrogen) atoms. The van der Waals surface area contributed by atoms with E-state index in [1.54, 1.807) is 0 Å². The van der Waals surface area contributed by atoms with Crippen LogP contribution in [0.25, 0.3) is 0 Å². The third-order valence-corrected chi connectivity index (χ3v) is 4.14. The van der Waals surface area contributed by atoms with E-state index in [-0.39, 0.29) is 0 Å². The van der Waals surface area contributed by atoms with Crippen molar-refractivity contribution in [1.82, 2.24) is 5.32 Å². The first-order valence-electron chi connectivity index (χ1n) is 8.37. The smallest absolute Gasteiger partial charge is 0.119 e. The van der Waals surface area contributed by atoms with Gasteiger partial charge in [0.05, 0.1) is 6.61 Å². The Labute approximate surface area is 129 Å². The molecule has 0 spiro atoms. The molecule has 1 atom stereocenters. The minimum absolute atomic E-state index is 0.427. The molecule has 2 rings (SSSR count). The Balaban J connectivity index is 1.89. The summed E-state index contributed by atoms with van der Waals surface area (Å²) in [6.45, 7) is 8.06. The lowest BCUT2D eigenvalue weighted by atomic mass is 10.0. The first kappa shape index (κ1) is 16.3. The molecule has 0 amide bonds. The second-order valence-electron chi connectivity index (χ2n) is 5.85. The van der Waals surface area contributed by atoms with E-state index in [9.17, 15) is 0 Å². The lowest BCUT2D eigenvalue weighted by molar-refractivity contribution is 0.0497. The lowest BCUT2D eigenvalue weighted by Crippen LogP contribution is -2.22. The van der Waals surface area contributed by atoms with Gasteiger partial charge in [0, 0.05) is 19.3 Å². The largest absolute Gasteiger partial charge is 0.493 e. The zero-order chi connectivity index (χ0) is 14.9. The molecule has 0 bridgehead atoms. The van der Waals surface area contributed by atoms with E-state index in [2.05, 4.69) is 43.4 Å². The predicted octanol–water partition coefficient (Wildman–Crippen LogP) is 3.94. The van der Waals surface area contributed by atoms with Gasteiger partial charge in [-0.3, -0.25) is 0 Å². The highest BCUT2D eigenvalue weighted by atomic mass is 16.5. The van der Waals surface area contributed by atoms with Gasteiger partial charge in [0.1, 0.15) is 5.75 Å². The Kier molecular flexibility index (Phi) is 7.04. The maximum absolute atomic E-state index is 6.00. The highest BCUT2D eigenvalue weighted by Gasteiger charge is 2.15. The van der Waals surface area contributed by atoms with Crippen LogP contribution < -0.4 is 10.1 Å². The second-order valence-corrected chi connectivity index (χ2v) is 5.85. The van der Waals surface area contributed by atoms with E-state index in [0.717, 1.165) is 57.8 Å². The molecular weight excluding hydrogens is 262 g/mol. The van der Waals surface area contributed by atoms with E-state index in [4.69, 9.17) is 9.47 Å². The van der Waals surface area contributed by atoms with Crippen LogP contribution in [0.3, 0.4) is 0 Å². The van der Waals surface area contributed by atoms with Crippen molar-refractivity contribution < 1.29 is 9.47 Å². The average molecular weight is 291 g/mol. The molecule has 1 unspecified atom stereocenters. The molecule has 1 saturated heterocycles. The van der Waals surface area contributed by atoms with E-state index in [1.807, 2.05) is 0 Å². The maximum atomic E-state index is 6.00. The number of rotatable bonds is 8. The third-order valence-electron chi connectivity index (χ3n) is 4.14. The van der Waals surface area contributed by atoms with Crippen molar-refractivity contribution in [3.63, 3.8) is 0 Å². The molecule has 1 N–H and O–H groups in total. The Morgan fingerprint density at radius 2 is 2.10 bits per heavy atom. The fourth-order valence-electron chi connectivity index (χ4n) is 2.76. The molecule has 1 aliphatic rings. The fraction of sp³-hybridized carbons (Fsp3) is 0.667. The van der Waals surface area contributed by atoms with E-state index >= 15 is 0 Å². The molecule has 0 radical (unpaired) electrons. The van der Waals surface area contributed by atoms with Crippen molar-refractivity contribution in [3.05, 3.63) is 29.8 Å². The summed E-state index contributed by atoms with van der Waals surface area (Å²) in [5.41, 5.74) is 1.33. The summed E-state index contributed by atoms with van der Waals surface area (Å²) < 4.78 is 11.4. The summed E-state index contributed by atoms with van der Waals surface area (Å²) in [4.78, 5) is 0. The first-order chi connectivity index (χ1) is 10.3. The van der Waals surface area contributed by atoms with Gasteiger partial charge in [0.15, 0.2) is 0 Å². The molecule has 1 aromatic carbocycles. The molecule has 1 fully saturated rings. The second kappa shape index (κ2) is 9.06. The summed E-state index contributed by atoms with van der Waals surface area (Å²) >= 11 is 0. The minimum Gasteiger partial charge on any atom is -0.493 e. The van der Waals surface area contributed by atoms with Gasteiger partial charge in [-0.05, 0) is 55.8 Å². The highest BCUT2D eigenvalue weighted by molar-refractivity contribution is 5.30. The maximum Gasteiger partial charge on any atom is 0.119 e. The highest BCUT2D eigenvalue weighted by Crippen LogP contribution is 2.23. The van der Waals surface area contributed by atoms with Gasteiger partial charge < -0.3 is 14.8 Å². The van der Waals surface area contributed by atoms with Crippen molar-refractivity contribution in [3.8, 4) is 5.75 Å². The van der Waals surface area contributed by atoms with Crippen molar-refractivity contribution in [1.29, 1.82) is 0 Å². The predicted molar refractivity (Wildman–Crippen MR) is 86.8 cm³/mol. The topological polar surface area (TPSA) is 30.5 Å². The van der Waals surface area contributed by atoms with Crippen molar-refractivity contribution in [2.75, 3.05) is 26.4 Å². The van der Waals surface area contributed by atoms with Gasteiger partial charge in [0.25, 0.3) is 0 Å². The SMILES string of the molecule is CCCNC(CC)c1cccc(OCC2CCOCC2)c1.